The van der Waals surface area contributed by atoms with E-state index in [4.69, 9.17) is 0 Å². The maximum atomic E-state index is 4.05. The molecule has 3 heteroatoms. The van der Waals surface area contributed by atoms with Crippen LogP contribution < -0.4 is 5.32 Å². The van der Waals surface area contributed by atoms with Crippen LogP contribution in [0.1, 0.15) is 30.7 Å². The molecule has 0 radical (unpaired) electrons. The van der Waals surface area contributed by atoms with Crippen LogP contribution in [0.25, 0.3) is 0 Å². The van der Waals surface area contributed by atoms with Gasteiger partial charge in [0.2, 0.25) is 0 Å². The van der Waals surface area contributed by atoms with E-state index in [0.29, 0.717) is 6.04 Å². The lowest BCUT2D eigenvalue weighted by atomic mass is 10.0. The lowest BCUT2D eigenvalue weighted by Gasteiger charge is -2.15. The van der Waals surface area contributed by atoms with Crippen LogP contribution in [0, 0.1) is 0 Å². The number of hydrogen-bond donors (Lipinski definition) is 1. The second kappa shape index (κ2) is 5.69. The maximum absolute atomic E-state index is 4.05. The lowest BCUT2D eigenvalue weighted by molar-refractivity contribution is 0.592. The molecule has 0 aliphatic carbocycles. The average molecular weight is 274 g/mol. The molecular weight excluding hydrogens is 258 g/mol. The average Bonchev–Trinajstić information content (AvgIpc) is 2.60. The van der Waals surface area contributed by atoms with E-state index in [1.807, 2.05) is 7.05 Å². The van der Waals surface area contributed by atoms with E-state index in [1.165, 1.54) is 14.9 Å². The van der Waals surface area contributed by atoms with Crippen molar-refractivity contribution in [2.24, 2.45) is 0 Å². The molecule has 1 heterocycles. The van der Waals surface area contributed by atoms with Gasteiger partial charge in [0.05, 0.1) is 0 Å². The first-order valence-electron chi connectivity index (χ1n) is 4.75. The molecule has 0 saturated heterocycles. The van der Waals surface area contributed by atoms with Crippen LogP contribution in [0.4, 0.5) is 0 Å². The van der Waals surface area contributed by atoms with Gasteiger partial charge in [0.15, 0.2) is 0 Å². The summed E-state index contributed by atoms with van der Waals surface area (Å²) in [6.45, 7) is 6.20. The fraction of sp³-hybridized carbons (Fsp3) is 0.455. The molecule has 1 rings (SSSR count). The first-order chi connectivity index (χ1) is 6.67. The molecule has 1 aromatic heterocycles. The Morgan fingerprint density at radius 3 is 2.86 bits per heavy atom. The van der Waals surface area contributed by atoms with E-state index >= 15 is 0 Å². The number of thiophene rings is 1. The number of rotatable bonds is 5. The molecule has 1 atom stereocenters. The molecule has 78 valence electrons. The van der Waals surface area contributed by atoms with Gasteiger partial charge in [-0.3, -0.25) is 0 Å². The van der Waals surface area contributed by atoms with Gasteiger partial charge in [0.25, 0.3) is 0 Å². The molecule has 1 N–H and O–H groups in total. The predicted octanol–water partition coefficient (Wildman–Crippen LogP) is 4.13. The summed E-state index contributed by atoms with van der Waals surface area (Å²) < 4.78 is 1.17. The van der Waals surface area contributed by atoms with Crippen molar-refractivity contribution in [3.8, 4) is 0 Å². The van der Waals surface area contributed by atoms with Gasteiger partial charge in [-0.25, -0.2) is 0 Å². The summed E-state index contributed by atoms with van der Waals surface area (Å²) in [5.41, 5.74) is 1.30. The van der Waals surface area contributed by atoms with Gasteiger partial charge in [0.1, 0.15) is 0 Å². The zero-order valence-electron chi connectivity index (χ0n) is 8.64. The molecule has 1 nitrogen and oxygen atoms in total. The lowest BCUT2D eigenvalue weighted by Crippen LogP contribution is -2.15. The Bertz CT molecular complexity index is 306. The van der Waals surface area contributed by atoms with Gasteiger partial charge < -0.3 is 5.32 Å². The first-order valence-corrected chi connectivity index (χ1v) is 6.42. The largest absolute Gasteiger partial charge is 0.312 e. The highest BCUT2D eigenvalue weighted by atomic mass is 79.9. The molecule has 1 unspecified atom stereocenters. The van der Waals surface area contributed by atoms with Gasteiger partial charge >= 0.3 is 0 Å². The Kier molecular flexibility index (Phi) is 4.85. The minimum Gasteiger partial charge on any atom is -0.312 e. The molecule has 0 fully saturated rings. The predicted molar refractivity (Wildman–Crippen MR) is 67.9 cm³/mol. The summed E-state index contributed by atoms with van der Waals surface area (Å²) in [6, 6.07) is 2.59. The normalized spacial score (nSPS) is 12.8. The smallest absolute Gasteiger partial charge is 0.0450 e. The van der Waals surface area contributed by atoms with Crippen molar-refractivity contribution in [1.29, 1.82) is 0 Å². The van der Waals surface area contributed by atoms with Crippen LogP contribution in [0.15, 0.2) is 28.1 Å². The van der Waals surface area contributed by atoms with Crippen LogP contribution in [-0.4, -0.2) is 7.05 Å². The van der Waals surface area contributed by atoms with Crippen molar-refractivity contribution in [1.82, 2.24) is 5.32 Å². The van der Waals surface area contributed by atoms with Crippen molar-refractivity contribution >= 4 is 27.3 Å². The van der Waals surface area contributed by atoms with Gasteiger partial charge in [0, 0.05) is 20.8 Å². The Hall–Kier alpha value is -0.120. The van der Waals surface area contributed by atoms with E-state index in [1.54, 1.807) is 11.3 Å². The van der Waals surface area contributed by atoms with Crippen molar-refractivity contribution in [3.05, 3.63) is 32.9 Å². The standard InChI is InChI=1S/C11H16BrNS/c1-4-8(2)5-10(13-3)11-6-9(12)7-14-11/h6-7,10,13H,2,4-5H2,1,3H3. The Morgan fingerprint density at radius 2 is 2.43 bits per heavy atom. The zero-order valence-corrected chi connectivity index (χ0v) is 11.0. The number of hydrogen-bond acceptors (Lipinski definition) is 2. The van der Waals surface area contributed by atoms with Gasteiger partial charge in [-0.2, -0.15) is 0 Å². The van der Waals surface area contributed by atoms with Crippen molar-refractivity contribution < 1.29 is 0 Å². The summed E-state index contributed by atoms with van der Waals surface area (Å²) in [5, 5.41) is 5.45. The Balaban J connectivity index is 2.67. The fourth-order valence-corrected chi connectivity index (χ4v) is 2.84. The summed E-state index contributed by atoms with van der Waals surface area (Å²) in [7, 11) is 2.00. The van der Waals surface area contributed by atoms with E-state index < -0.39 is 0 Å². The van der Waals surface area contributed by atoms with Gasteiger partial charge in [-0.15, -0.1) is 11.3 Å². The molecule has 0 aliphatic rings. The van der Waals surface area contributed by atoms with Crippen LogP contribution in [0.2, 0.25) is 0 Å². The minimum absolute atomic E-state index is 0.416. The molecule has 1 aromatic rings. The second-order valence-electron chi connectivity index (χ2n) is 3.32. The fourth-order valence-electron chi connectivity index (χ4n) is 1.29. The van der Waals surface area contributed by atoms with Crippen LogP contribution >= 0.6 is 27.3 Å². The van der Waals surface area contributed by atoms with Gasteiger partial charge in [-0.1, -0.05) is 19.1 Å². The topological polar surface area (TPSA) is 12.0 Å². The molecule has 0 saturated carbocycles. The van der Waals surface area contributed by atoms with Crippen LogP contribution in [-0.2, 0) is 0 Å². The van der Waals surface area contributed by atoms with Crippen LogP contribution in [0.5, 0.6) is 0 Å². The SMILES string of the molecule is C=C(CC)CC(NC)c1cc(Br)cs1. The van der Waals surface area contributed by atoms with E-state index in [0.717, 1.165) is 12.8 Å². The summed E-state index contributed by atoms with van der Waals surface area (Å²) >= 11 is 5.26. The number of halogens is 1. The first kappa shape index (κ1) is 12.0. The van der Waals surface area contributed by atoms with Crippen LogP contribution in [0.3, 0.4) is 0 Å². The van der Waals surface area contributed by atoms with Gasteiger partial charge in [-0.05, 0) is 41.9 Å². The molecular formula is C11H16BrNS. The monoisotopic (exact) mass is 273 g/mol. The minimum atomic E-state index is 0.416. The second-order valence-corrected chi connectivity index (χ2v) is 5.17. The van der Waals surface area contributed by atoms with E-state index in [2.05, 4.69) is 46.2 Å². The third-order valence-electron chi connectivity index (χ3n) is 2.27. The molecule has 14 heavy (non-hydrogen) atoms. The molecule has 0 aliphatic heterocycles. The molecule has 0 bridgehead atoms. The highest BCUT2D eigenvalue weighted by Crippen LogP contribution is 2.29. The number of nitrogens with one attached hydrogen (secondary N) is 1. The summed E-state index contributed by atoms with van der Waals surface area (Å²) in [4.78, 5) is 1.37. The zero-order chi connectivity index (χ0) is 10.6. The maximum Gasteiger partial charge on any atom is 0.0450 e. The highest BCUT2D eigenvalue weighted by Gasteiger charge is 2.11. The molecule has 0 amide bonds. The summed E-state index contributed by atoms with van der Waals surface area (Å²) in [5.74, 6) is 0. The Labute approximate surface area is 98.4 Å². The third kappa shape index (κ3) is 3.23. The van der Waals surface area contributed by atoms with E-state index in [-0.39, 0.29) is 0 Å². The molecule has 0 aromatic carbocycles. The van der Waals surface area contributed by atoms with Crippen molar-refractivity contribution in [2.75, 3.05) is 7.05 Å². The Morgan fingerprint density at radius 1 is 1.71 bits per heavy atom. The summed E-state index contributed by atoms with van der Waals surface area (Å²) in [6.07, 6.45) is 2.09. The molecule has 0 spiro atoms. The quantitative estimate of drug-likeness (QED) is 0.796. The van der Waals surface area contributed by atoms with E-state index in [9.17, 15) is 0 Å². The van der Waals surface area contributed by atoms with Crippen molar-refractivity contribution in [3.63, 3.8) is 0 Å². The van der Waals surface area contributed by atoms with Crippen molar-refractivity contribution in [2.45, 2.75) is 25.8 Å². The highest BCUT2D eigenvalue weighted by molar-refractivity contribution is 9.10. The third-order valence-corrected chi connectivity index (χ3v) is 4.08.